The van der Waals surface area contributed by atoms with E-state index >= 15 is 0 Å². The Bertz CT molecular complexity index is 1480. The molecule has 1 atom stereocenters. The van der Waals surface area contributed by atoms with Gasteiger partial charge in [-0.3, -0.25) is 4.72 Å². The predicted molar refractivity (Wildman–Crippen MR) is 165 cm³/mol. The number of carboxylic acid groups (broad SMARTS) is 1. The summed E-state index contributed by atoms with van der Waals surface area (Å²) in [7, 11) is -1.44. The van der Waals surface area contributed by atoms with Crippen molar-refractivity contribution in [2.24, 2.45) is 0 Å². The van der Waals surface area contributed by atoms with Gasteiger partial charge >= 0.3 is 5.97 Å². The molecule has 0 aliphatic carbocycles. The maximum Gasteiger partial charge on any atom is 0.337 e. The molecule has 0 radical (unpaired) electrons. The van der Waals surface area contributed by atoms with Gasteiger partial charge in [0.25, 0.3) is 0 Å². The number of carboxylic acids is 1. The number of unbranched alkanes of at least 4 members (excludes halogenated alkanes) is 1. The number of rotatable bonds is 13. The highest BCUT2D eigenvalue weighted by atomic mass is 32.2. The smallest absolute Gasteiger partial charge is 0.337 e. The zero-order valence-corrected chi connectivity index (χ0v) is 24.3. The van der Waals surface area contributed by atoms with E-state index in [4.69, 9.17) is 4.74 Å². The number of aryl methyl sites for hydroxylation is 2. The molecule has 0 aromatic heterocycles. The van der Waals surface area contributed by atoms with Gasteiger partial charge < -0.3 is 19.9 Å². The van der Waals surface area contributed by atoms with Gasteiger partial charge in [0, 0.05) is 17.5 Å². The van der Waals surface area contributed by atoms with E-state index < -0.39 is 17.0 Å². The Morgan fingerprint density at radius 3 is 2.12 bits per heavy atom. The van der Waals surface area contributed by atoms with Crippen LogP contribution in [0.1, 0.15) is 41.3 Å². The van der Waals surface area contributed by atoms with Gasteiger partial charge in [-0.15, -0.1) is 0 Å². The fourth-order valence-electron chi connectivity index (χ4n) is 3.75. The molecule has 1 unspecified atom stereocenters. The first-order chi connectivity index (χ1) is 19.3. The first-order valence-corrected chi connectivity index (χ1v) is 15.0. The van der Waals surface area contributed by atoms with Crippen molar-refractivity contribution < 1.29 is 18.8 Å². The number of aromatic carboxylic acids is 1. The van der Waals surface area contributed by atoms with Crippen LogP contribution in [0.4, 0.5) is 17.1 Å². The molecule has 0 heterocycles. The van der Waals surface area contributed by atoms with Gasteiger partial charge in [0.15, 0.2) is 0 Å². The SMILES string of the molecule is CCCCNc1cc(Oc2ccc(NSc3ccc(C)cc3)c(C(=O)O)c2)ccc1NS(=O)c1ccc(C)cc1. The summed E-state index contributed by atoms with van der Waals surface area (Å²) in [6.45, 7) is 6.87. The molecule has 4 rings (SSSR count). The topological polar surface area (TPSA) is 99.7 Å². The van der Waals surface area contributed by atoms with Crippen LogP contribution in [-0.4, -0.2) is 21.8 Å². The van der Waals surface area contributed by atoms with Crippen LogP contribution >= 0.6 is 11.9 Å². The number of benzene rings is 4. The Hall–Kier alpha value is -3.95. The van der Waals surface area contributed by atoms with E-state index in [0.29, 0.717) is 27.8 Å². The third-order valence-electron chi connectivity index (χ3n) is 6.03. The number of ether oxygens (including phenoxy) is 1. The first kappa shape index (κ1) is 29.0. The molecule has 40 heavy (non-hydrogen) atoms. The molecule has 9 heteroatoms. The van der Waals surface area contributed by atoms with Crippen LogP contribution in [-0.2, 0) is 11.0 Å². The van der Waals surface area contributed by atoms with Crippen LogP contribution in [0.15, 0.2) is 94.7 Å². The highest BCUT2D eigenvalue weighted by molar-refractivity contribution is 8.00. The fraction of sp³-hybridized carbons (Fsp3) is 0.194. The van der Waals surface area contributed by atoms with Gasteiger partial charge in [-0.05, 0) is 86.8 Å². The lowest BCUT2D eigenvalue weighted by molar-refractivity contribution is 0.0697. The quantitative estimate of drug-likeness (QED) is 0.0941. The summed E-state index contributed by atoms with van der Waals surface area (Å²) in [4.78, 5) is 13.7. The van der Waals surface area contributed by atoms with Crippen molar-refractivity contribution in [3.8, 4) is 11.5 Å². The van der Waals surface area contributed by atoms with Crippen molar-refractivity contribution in [2.45, 2.75) is 43.4 Å². The number of nitrogens with one attached hydrogen (secondary N) is 3. The molecule has 4 aromatic rings. The normalized spacial score (nSPS) is 11.5. The van der Waals surface area contributed by atoms with Crippen molar-refractivity contribution in [1.29, 1.82) is 0 Å². The summed E-state index contributed by atoms with van der Waals surface area (Å²) < 4.78 is 25.2. The standard InChI is InChI=1S/C31H33N3O4S2/c1-4-5-18-32-30-20-24(11-17-29(30)34-40(37)26-14-8-22(3)9-15-26)38-23-10-16-28(27(19-23)31(35)36)33-39-25-12-6-21(2)7-13-25/h6-17,19-20,32-34H,4-5,18H2,1-3H3,(H,35,36). The minimum absolute atomic E-state index is 0.102. The van der Waals surface area contributed by atoms with Gasteiger partial charge in [0.05, 0.1) is 27.5 Å². The monoisotopic (exact) mass is 575 g/mol. The summed E-state index contributed by atoms with van der Waals surface area (Å²) in [5.41, 5.74) is 4.27. The van der Waals surface area contributed by atoms with Crippen LogP contribution in [0.2, 0.25) is 0 Å². The van der Waals surface area contributed by atoms with E-state index in [9.17, 15) is 14.1 Å². The van der Waals surface area contributed by atoms with Crippen molar-refractivity contribution in [3.63, 3.8) is 0 Å². The molecule has 0 saturated carbocycles. The van der Waals surface area contributed by atoms with Crippen molar-refractivity contribution in [1.82, 2.24) is 0 Å². The maximum absolute atomic E-state index is 13.0. The van der Waals surface area contributed by atoms with E-state index in [-0.39, 0.29) is 5.56 Å². The molecule has 208 valence electrons. The summed E-state index contributed by atoms with van der Waals surface area (Å²) in [6.07, 6.45) is 2.00. The minimum Gasteiger partial charge on any atom is -0.478 e. The van der Waals surface area contributed by atoms with Crippen LogP contribution in [0.3, 0.4) is 0 Å². The van der Waals surface area contributed by atoms with Gasteiger partial charge in [-0.25, -0.2) is 9.00 Å². The number of hydrogen-bond donors (Lipinski definition) is 4. The van der Waals surface area contributed by atoms with Gasteiger partial charge in [-0.1, -0.05) is 48.7 Å². The molecule has 0 saturated heterocycles. The lowest BCUT2D eigenvalue weighted by atomic mass is 10.1. The molecule has 0 aliphatic heterocycles. The number of hydrogen-bond acceptors (Lipinski definition) is 6. The zero-order chi connectivity index (χ0) is 28.5. The van der Waals surface area contributed by atoms with Gasteiger partial charge in [0.2, 0.25) is 0 Å². The molecule has 7 nitrogen and oxygen atoms in total. The Kier molecular flexibility index (Phi) is 10.1. The lowest BCUT2D eigenvalue weighted by Crippen LogP contribution is -2.09. The van der Waals surface area contributed by atoms with Crippen LogP contribution in [0.5, 0.6) is 11.5 Å². The Balaban J connectivity index is 1.52. The average Bonchev–Trinajstić information content (AvgIpc) is 2.95. The number of carbonyl (C=O) groups is 1. The largest absolute Gasteiger partial charge is 0.478 e. The van der Waals surface area contributed by atoms with Crippen LogP contribution < -0.4 is 19.5 Å². The molecule has 4 aromatic carbocycles. The van der Waals surface area contributed by atoms with Gasteiger partial charge in [-0.2, -0.15) is 0 Å². The van der Waals surface area contributed by atoms with E-state index in [0.717, 1.165) is 41.1 Å². The molecule has 0 aliphatic rings. The molecule has 4 N–H and O–H groups in total. The summed E-state index contributed by atoms with van der Waals surface area (Å²) in [6, 6.07) is 25.8. The molecule has 0 spiro atoms. The molecule has 0 bridgehead atoms. The van der Waals surface area contributed by atoms with Crippen LogP contribution in [0.25, 0.3) is 0 Å². The molecular weight excluding hydrogens is 542 g/mol. The van der Waals surface area contributed by atoms with E-state index in [1.165, 1.54) is 18.0 Å². The Labute approximate surface area is 242 Å². The summed E-state index contributed by atoms with van der Waals surface area (Å²) >= 11 is 1.35. The Morgan fingerprint density at radius 1 is 0.850 bits per heavy atom. The van der Waals surface area contributed by atoms with Crippen LogP contribution in [0, 0.1) is 13.8 Å². The van der Waals surface area contributed by atoms with E-state index in [2.05, 4.69) is 21.7 Å². The summed E-state index contributed by atoms with van der Waals surface area (Å²) in [5, 5.41) is 13.2. The fourth-order valence-corrected chi connectivity index (χ4v) is 5.31. The molecule has 0 amide bonds. The molecular formula is C31H33N3O4S2. The Morgan fingerprint density at radius 2 is 1.48 bits per heavy atom. The second kappa shape index (κ2) is 13.9. The third kappa shape index (κ3) is 8.03. The third-order valence-corrected chi connectivity index (χ3v) is 7.97. The first-order valence-electron chi connectivity index (χ1n) is 13.0. The lowest BCUT2D eigenvalue weighted by Gasteiger charge is -2.16. The number of anilines is 3. The van der Waals surface area contributed by atoms with Gasteiger partial charge in [0.1, 0.15) is 22.5 Å². The van der Waals surface area contributed by atoms with Crippen molar-refractivity contribution in [3.05, 3.63) is 102 Å². The predicted octanol–water partition coefficient (Wildman–Crippen LogP) is 8.26. The highest BCUT2D eigenvalue weighted by Gasteiger charge is 2.14. The minimum atomic E-state index is -1.44. The maximum atomic E-state index is 13.0. The van der Waals surface area contributed by atoms with E-state index in [1.807, 2.05) is 74.5 Å². The van der Waals surface area contributed by atoms with Crippen molar-refractivity contribution >= 4 is 46.0 Å². The zero-order valence-electron chi connectivity index (χ0n) is 22.7. The highest BCUT2D eigenvalue weighted by Crippen LogP contribution is 2.33. The second-order valence-electron chi connectivity index (χ2n) is 9.30. The molecule has 0 fully saturated rings. The average molecular weight is 576 g/mol. The van der Waals surface area contributed by atoms with E-state index in [1.54, 1.807) is 18.2 Å². The van der Waals surface area contributed by atoms with Crippen molar-refractivity contribution in [2.75, 3.05) is 21.3 Å². The summed E-state index contributed by atoms with van der Waals surface area (Å²) in [5.74, 6) is -0.138. The second-order valence-corrected chi connectivity index (χ2v) is 11.4.